The summed E-state index contributed by atoms with van der Waals surface area (Å²) in [4.78, 5) is 0. The van der Waals surface area contributed by atoms with Crippen LogP contribution in [0.4, 0.5) is 0 Å². The second kappa shape index (κ2) is 8.42. The lowest BCUT2D eigenvalue weighted by molar-refractivity contribution is 0.269. The molecule has 0 aliphatic rings. The minimum atomic E-state index is 0.331. The number of furan rings is 1. The van der Waals surface area contributed by atoms with Crippen molar-refractivity contribution < 1.29 is 9.15 Å². The predicted molar refractivity (Wildman–Crippen MR) is 103 cm³/mol. The maximum atomic E-state index is 6.02. The van der Waals surface area contributed by atoms with Gasteiger partial charge in [0.25, 0.3) is 0 Å². The second-order valence-corrected chi connectivity index (χ2v) is 7.16. The van der Waals surface area contributed by atoms with Gasteiger partial charge in [0.15, 0.2) is 5.82 Å². The van der Waals surface area contributed by atoms with Crippen molar-refractivity contribution >= 4 is 29.6 Å². The Bertz CT molecular complexity index is 920. The largest absolute Gasteiger partial charge is 0.486 e. The molecular formula is C18H19ClN4O2S. The molecule has 3 aromatic rings. The number of halogens is 1. The Labute approximate surface area is 161 Å². The van der Waals surface area contributed by atoms with E-state index in [-0.39, 0.29) is 0 Å². The topological polar surface area (TPSA) is 65.4 Å². The molecule has 0 amide bonds. The number of rotatable bonds is 7. The Morgan fingerprint density at radius 3 is 2.88 bits per heavy atom. The maximum absolute atomic E-state index is 6.02. The van der Waals surface area contributed by atoms with E-state index >= 15 is 0 Å². The van der Waals surface area contributed by atoms with Crippen molar-refractivity contribution in [2.75, 3.05) is 5.75 Å². The van der Waals surface area contributed by atoms with Gasteiger partial charge in [0.05, 0.1) is 6.21 Å². The highest BCUT2D eigenvalue weighted by atomic mass is 35.5. The standard InChI is InChI=1S/C18H19ClN4O2S/c1-4-26-18-22-21-13(3)23(18)20-10-15-5-6-16(25-15)11-24-14-7-8-17(19)12(2)9-14/h5-10H,4,11H2,1-3H3/b20-10-. The van der Waals surface area contributed by atoms with Gasteiger partial charge in [-0.25, -0.2) is 0 Å². The van der Waals surface area contributed by atoms with E-state index in [1.807, 2.05) is 44.2 Å². The molecule has 0 unspecified atom stereocenters. The lowest BCUT2D eigenvalue weighted by Gasteiger charge is -2.05. The maximum Gasteiger partial charge on any atom is 0.212 e. The van der Waals surface area contributed by atoms with Gasteiger partial charge in [0.1, 0.15) is 23.9 Å². The van der Waals surface area contributed by atoms with Crippen LogP contribution in [0.3, 0.4) is 0 Å². The van der Waals surface area contributed by atoms with Crippen molar-refractivity contribution in [3.05, 3.63) is 58.3 Å². The summed E-state index contributed by atoms with van der Waals surface area (Å²) < 4.78 is 13.2. The van der Waals surface area contributed by atoms with Crippen LogP contribution in [0.5, 0.6) is 5.75 Å². The zero-order valence-corrected chi connectivity index (χ0v) is 16.3. The first-order chi connectivity index (χ1) is 12.6. The lowest BCUT2D eigenvalue weighted by Crippen LogP contribution is -1.96. The van der Waals surface area contributed by atoms with E-state index in [1.165, 1.54) is 0 Å². The van der Waals surface area contributed by atoms with E-state index in [9.17, 15) is 0 Å². The van der Waals surface area contributed by atoms with Gasteiger partial charge in [-0.3, -0.25) is 0 Å². The molecule has 6 nitrogen and oxygen atoms in total. The van der Waals surface area contributed by atoms with E-state index in [0.29, 0.717) is 18.1 Å². The quantitative estimate of drug-likeness (QED) is 0.431. The van der Waals surface area contributed by atoms with Crippen molar-refractivity contribution in [1.29, 1.82) is 0 Å². The van der Waals surface area contributed by atoms with Gasteiger partial charge in [0, 0.05) is 5.02 Å². The van der Waals surface area contributed by atoms with Gasteiger partial charge in [-0.15, -0.1) is 10.2 Å². The van der Waals surface area contributed by atoms with Crippen LogP contribution in [-0.2, 0) is 6.61 Å². The molecule has 0 N–H and O–H groups in total. The summed E-state index contributed by atoms with van der Waals surface area (Å²) >= 11 is 7.61. The normalized spacial score (nSPS) is 11.4. The molecule has 0 radical (unpaired) electrons. The number of thioether (sulfide) groups is 1. The molecule has 0 aliphatic carbocycles. The summed E-state index contributed by atoms with van der Waals surface area (Å²) in [5, 5.41) is 14.0. The highest BCUT2D eigenvalue weighted by Crippen LogP contribution is 2.22. The first-order valence-corrected chi connectivity index (χ1v) is 9.50. The molecule has 1 aromatic carbocycles. The van der Waals surface area contributed by atoms with Crippen LogP contribution in [0, 0.1) is 13.8 Å². The first kappa shape index (κ1) is 18.5. The Morgan fingerprint density at radius 1 is 1.27 bits per heavy atom. The number of hydrogen-bond donors (Lipinski definition) is 0. The SMILES string of the molecule is CCSc1nnc(C)n1/N=C\c1ccc(COc2ccc(Cl)c(C)c2)o1. The molecule has 2 heterocycles. The molecule has 0 bridgehead atoms. The molecule has 0 aliphatic heterocycles. The third-order valence-electron chi connectivity index (χ3n) is 3.53. The minimum Gasteiger partial charge on any atom is -0.486 e. The molecular weight excluding hydrogens is 372 g/mol. The molecule has 8 heteroatoms. The second-order valence-electron chi connectivity index (χ2n) is 5.52. The number of nitrogens with zero attached hydrogens (tertiary/aromatic N) is 4. The molecule has 136 valence electrons. The summed E-state index contributed by atoms with van der Waals surface area (Å²) in [6.07, 6.45) is 1.64. The summed E-state index contributed by atoms with van der Waals surface area (Å²) in [6, 6.07) is 9.27. The number of benzene rings is 1. The van der Waals surface area contributed by atoms with Gasteiger partial charge < -0.3 is 9.15 Å². The molecule has 2 aromatic heterocycles. The Morgan fingerprint density at radius 2 is 2.12 bits per heavy atom. The van der Waals surface area contributed by atoms with E-state index in [0.717, 1.165) is 33.1 Å². The zero-order chi connectivity index (χ0) is 18.5. The van der Waals surface area contributed by atoms with Crippen LogP contribution in [0.1, 0.15) is 29.8 Å². The molecule has 0 atom stereocenters. The lowest BCUT2D eigenvalue weighted by atomic mass is 10.2. The average Bonchev–Trinajstić information content (AvgIpc) is 3.21. The zero-order valence-electron chi connectivity index (χ0n) is 14.8. The van der Waals surface area contributed by atoms with E-state index in [1.54, 1.807) is 22.7 Å². The molecule has 3 rings (SSSR count). The highest BCUT2D eigenvalue weighted by molar-refractivity contribution is 7.99. The summed E-state index contributed by atoms with van der Waals surface area (Å²) in [6.45, 7) is 6.19. The molecule has 0 fully saturated rings. The Balaban J connectivity index is 1.64. The van der Waals surface area contributed by atoms with E-state index in [4.69, 9.17) is 20.8 Å². The van der Waals surface area contributed by atoms with Crippen LogP contribution in [0.2, 0.25) is 5.02 Å². The third kappa shape index (κ3) is 4.47. The van der Waals surface area contributed by atoms with Crippen LogP contribution >= 0.6 is 23.4 Å². The van der Waals surface area contributed by atoms with Crippen molar-refractivity contribution in [2.24, 2.45) is 5.10 Å². The molecule has 0 saturated heterocycles. The molecule has 26 heavy (non-hydrogen) atoms. The number of hydrogen-bond acceptors (Lipinski definition) is 6. The van der Waals surface area contributed by atoms with Crippen molar-refractivity contribution in [1.82, 2.24) is 14.9 Å². The van der Waals surface area contributed by atoms with Crippen molar-refractivity contribution in [3.63, 3.8) is 0 Å². The number of aromatic nitrogens is 3. The summed E-state index contributed by atoms with van der Waals surface area (Å²) in [5.74, 6) is 3.73. The third-order valence-corrected chi connectivity index (χ3v) is 4.76. The Kier molecular flexibility index (Phi) is 6.00. The van der Waals surface area contributed by atoms with Gasteiger partial charge in [-0.1, -0.05) is 30.3 Å². The van der Waals surface area contributed by atoms with Gasteiger partial charge >= 0.3 is 0 Å². The van der Waals surface area contributed by atoms with Gasteiger partial charge in [-0.2, -0.15) is 9.78 Å². The number of aryl methyl sites for hydroxylation is 2. The van der Waals surface area contributed by atoms with Crippen molar-refractivity contribution in [3.8, 4) is 5.75 Å². The fourth-order valence-corrected chi connectivity index (χ4v) is 2.98. The van der Waals surface area contributed by atoms with Crippen LogP contribution in [0.15, 0.2) is 45.0 Å². The van der Waals surface area contributed by atoms with Gasteiger partial charge in [-0.05, 0) is 55.5 Å². The fraction of sp³-hybridized carbons (Fsp3) is 0.278. The molecule has 0 spiro atoms. The minimum absolute atomic E-state index is 0.331. The van der Waals surface area contributed by atoms with E-state index in [2.05, 4.69) is 22.2 Å². The first-order valence-electron chi connectivity index (χ1n) is 8.13. The number of ether oxygens (including phenoxy) is 1. The smallest absolute Gasteiger partial charge is 0.212 e. The summed E-state index contributed by atoms with van der Waals surface area (Å²) in [7, 11) is 0. The summed E-state index contributed by atoms with van der Waals surface area (Å²) in [5.41, 5.74) is 0.974. The monoisotopic (exact) mass is 390 g/mol. The van der Waals surface area contributed by atoms with Crippen LogP contribution < -0.4 is 4.74 Å². The fourth-order valence-electron chi connectivity index (χ4n) is 2.21. The van der Waals surface area contributed by atoms with Crippen molar-refractivity contribution in [2.45, 2.75) is 32.5 Å². The van der Waals surface area contributed by atoms with Crippen LogP contribution in [-0.4, -0.2) is 26.8 Å². The predicted octanol–water partition coefficient (Wildman–Crippen LogP) is 4.71. The highest BCUT2D eigenvalue weighted by Gasteiger charge is 2.08. The average molecular weight is 391 g/mol. The molecule has 0 saturated carbocycles. The van der Waals surface area contributed by atoms with E-state index < -0.39 is 0 Å². The van der Waals surface area contributed by atoms with Crippen LogP contribution in [0.25, 0.3) is 0 Å². The van der Waals surface area contributed by atoms with Gasteiger partial charge in [0.2, 0.25) is 5.16 Å². The Hall–Kier alpha value is -2.25.